The van der Waals surface area contributed by atoms with Crippen molar-refractivity contribution in [2.75, 3.05) is 45.6 Å². The summed E-state index contributed by atoms with van der Waals surface area (Å²) in [6.07, 6.45) is 4.37. The molecule has 3 rings (SSSR count). The number of benzene rings is 1. The van der Waals surface area contributed by atoms with Crippen molar-refractivity contribution in [3.05, 3.63) is 29.3 Å². The predicted molar refractivity (Wildman–Crippen MR) is 90.4 cm³/mol. The zero-order chi connectivity index (χ0) is 15.5. The van der Waals surface area contributed by atoms with Gasteiger partial charge in [0.05, 0.1) is 0 Å². The third-order valence-electron chi connectivity index (χ3n) is 4.85. The van der Waals surface area contributed by atoms with E-state index in [4.69, 9.17) is 0 Å². The van der Waals surface area contributed by atoms with Crippen LogP contribution in [0.4, 0.5) is 5.69 Å². The largest absolute Gasteiger partial charge is 0.385 e. The van der Waals surface area contributed by atoms with Gasteiger partial charge in [-0.15, -0.1) is 0 Å². The first-order valence-corrected chi connectivity index (χ1v) is 8.45. The second kappa shape index (κ2) is 6.69. The monoisotopic (exact) mass is 301 g/mol. The summed E-state index contributed by atoms with van der Waals surface area (Å²) in [4.78, 5) is 17.2. The maximum atomic E-state index is 12.9. The molecule has 120 valence electrons. The summed E-state index contributed by atoms with van der Waals surface area (Å²) in [5.74, 6) is 0.953. The molecule has 2 aliphatic rings. The first-order chi connectivity index (χ1) is 10.6. The molecule has 1 amide bonds. The van der Waals surface area contributed by atoms with Gasteiger partial charge in [-0.1, -0.05) is 6.07 Å². The van der Waals surface area contributed by atoms with Crippen LogP contribution < -0.4 is 5.32 Å². The number of nitrogens with zero attached hydrogens (tertiary/aromatic N) is 2. The van der Waals surface area contributed by atoms with E-state index < -0.39 is 0 Å². The minimum Gasteiger partial charge on any atom is -0.385 e. The summed E-state index contributed by atoms with van der Waals surface area (Å²) < 4.78 is 0. The summed E-state index contributed by atoms with van der Waals surface area (Å²) in [6, 6.07) is 6.10. The Morgan fingerprint density at radius 2 is 2.09 bits per heavy atom. The zero-order valence-electron chi connectivity index (χ0n) is 13.8. The van der Waals surface area contributed by atoms with Crippen molar-refractivity contribution in [3.8, 4) is 0 Å². The normalized spacial score (nSPS) is 19.0. The molecule has 0 radical (unpaired) electrons. The molecule has 4 heteroatoms. The molecule has 22 heavy (non-hydrogen) atoms. The van der Waals surface area contributed by atoms with Gasteiger partial charge in [-0.2, -0.15) is 0 Å². The Morgan fingerprint density at radius 1 is 1.32 bits per heavy atom. The molecule has 0 aliphatic carbocycles. The fourth-order valence-electron chi connectivity index (χ4n) is 3.72. The maximum absolute atomic E-state index is 12.9. The number of carbonyl (C=O) groups excluding carboxylic acids is 1. The van der Waals surface area contributed by atoms with Crippen LogP contribution in [0.15, 0.2) is 18.2 Å². The van der Waals surface area contributed by atoms with E-state index in [1.807, 2.05) is 12.1 Å². The SMILES string of the molecule is CN(C)CC1CCN(C(=O)c2cccc3c2CCCN3)CC1. The van der Waals surface area contributed by atoms with Gasteiger partial charge in [-0.05, 0) is 63.4 Å². The molecule has 1 aromatic rings. The molecule has 1 fully saturated rings. The van der Waals surface area contributed by atoms with Crippen LogP contribution in [-0.4, -0.2) is 56.0 Å². The van der Waals surface area contributed by atoms with Gasteiger partial charge in [0, 0.05) is 37.4 Å². The Labute approximate surface area is 133 Å². The van der Waals surface area contributed by atoms with Crippen LogP contribution in [-0.2, 0) is 6.42 Å². The van der Waals surface area contributed by atoms with E-state index in [-0.39, 0.29) is 5.91 Å². The quantitative estimate of drug-likeness (QED) is 0.931. The first-order valence-electron chi connectivity index (χ1n) is 8.45. The summed E-state index contributed by atoms with van der Waals surface area (Å²) in [5, 5.41) is 3.41. The van der Waals surface area contributed by atoms with Gasteiger partial charge >= 0.3 is 0 Å². The summed E-state index contributed by atoms with van der Waals surface area (Å²) in [5.41, 5.74) is 3.28. The second-order valence-electron chi connectivity index (χ2n) is 6.86. The Balaban J connectivity index is 1.68. The van der Waals surface area contributed by atoms with Crippen LogP contribution in [0.2, 0.25) is 0 Å². The van der Waals surface area contributed by atoms with Gasteiger partial charge in [0.25, 0.3) is 5.91 Å². The van der Waals surface area contributed by atoms with E-state index >= 15 is 0 Å². The van der Waals surface area contributed by atoms with E-state index in [9.17, 15) is 4.79 Å². The number of piperidine rings is 1. The van der Waals surface area contributed by atoms with Crippen molar-refractivity contribution in [1.82, 2.24) is 9.80 Å². The highest BCUT2D eigenvalue weighted by atomic mass is 16.2. The highest BCUT2D eigenvalue weighted by Gasteiger charge is 2.26. The number of nitrogens with one attached hydrogen (secondary N) is 1. The maximum Gasteiger partial charge on any atom is 0.254 e. The lowest BCUT2D eigenvalue weighted by Gasteiger charge is -2.34. The summed E-state index contributed by atoms with van der Waals surface area (Å²) in [7, 11) is 4.25. The Kier molecular flexibility index (Phi) is 4.67. The van der Waals surface area contributed by atoms with Crippen molar-refractivity contribution in [2.45, 2.75) is 25.7 Å². The molecule has 2 heterocycles. The molecule has 0 aromatic heterocycles. The second-order valence-corrected chi connectivity index (χ2v) is 6.86. The van der Waals surface area contributed by atoms with Crippen LogP contribution >= 0.6 is 0 Å². The Bertz CT molecular complexity index is 533. The molecule has 0 bridgehead atoms. The van der Waals surface area contributed by atoms with Gasteiger partial charge in [0.2, 0.25) is 0 Å². The van der Waals surface area contributed by atoms with Crippen molar-refractivity contribution in [3.63, 3.8) is 0 Å². The van der Waals surface area contributed by atoms with E-state index in [0.717, 1.165) is 69.0 Å². The molecule has 1 aromatic carbocycles. The highest BCUT2D eigenvalue weighted by Crippen LogP contribution is 2.27. The van der Waals surface area contributed by atoms with E-state index in [0.29, 0.717) is 0 Å². The lowest BCUT2D eigenvalue weighted by Crippen LogP contribution is -2.41. The Hall–Kier alpha value is -1.55. The van der Waals surface area contributed by atoms with Crippen LogP contribution in [0.1, 0.15) is 35.2 Å². The molecule has 1 N–H and O–H groups in total. The average Bonchev–Trinajstić information content (AvgIpc) is 2.54. The van der Waals surface area contributed by atoms with Gasteiger partial charge in [0.1, 0.15) is 0 Å². The molecular formula is C18H27N3O. The van der Waals surface area contributed by atoms with Crippen molar-refractivity contribution >= 4 is 11.6 Å². The lowest BCUT2D eigenvalue weighted by molar-refractivity contribution is 0.0677. The number of hydrogen-bond donors (Lipinski definition) is 1. The molecule has 2 aliphatic heterocycles. The van der Waals surface area contributed by atoms with Crippen molar-refractivity contribution < 1.29 is 4.79 Å². The lowest BCUT2D eigenvalue weighted by atomic mass is 9.93. The molecule has 0 saturated carbocycles. The number of fused-ring (bicyclic) bond motifs is 1. The minimum atomic E-state index is 0.226. The molecule has 0 unspecified atom stereocenters. The number of anilines is 1. The number of hydrogen-bond acceptors (Lipinski definition) is 3. The van der Waals surface area contributed by atoms with E-state index in [1.54, 1.807) is 0 Å². The standard InChI is InChI=1S/C18H27N3O/c1-20(2)13-14-8-11-21(12-9-14)18(22)16-5-3-7-17-15(16)6-4-10-19-17/h3,5,7,14,19H,4,6,8-13H2,1-2H3. The highest BCUT2D eigenvalue weighted by molar-refractivity contribution is 5.97. The first kappa shape index (κ1) is 15.3. The van der Waals surface area contributed by atoms with E-state index in [1.165, 1.54) is 5.56 Å². The number of likely N-dealkylation sites (tertiary alicyclic amines) is 1. The topological polar surface area (TPSA) is 35.6 Å². The molecule has 0 atom stereocenters. The fraction of sp³-hybridized carbons (Fsp3) is 0.611. The van der Waals surface area contributed by atoms with Crippen LogP contribution in [0.3, 0.4) is 0 Å². The van der Waals surface area contributed by atoms with Gasteiger partial charge in [0.15, 0.2) is 0 Å². The predicted octanol–water partition coefficient (Wildman–Crippen LogP) is 2.46. The molecule has 0 spiro atoms. The zero-order valence-corrected chi connectivity index (χ0v) is 13.8. The van der Waals surface area contributed by atoms with Crippen LogP contribution in [0.25, 0.3) is 0 Å². The van der Waals surface area contributed by atoms with Crippen molar-refractivity contribution in [1.29, 1.82) is 0 Å². The molecule has 1 saturated heterocycles. The molecular weight excluding hydrogens is 274 g/mol. The summed E-state index contributed by atoms with van der Waals surface area (Å²) >= 11 is 0. The smallest absolute Gasteiger partial charge is 0.254 e. The average molecular weight is 301 g/mol. The number of carbonyl (C=O) groups is 1. The number of amides is 1. The summed E-state index contributed by atoms with van der Waals surface area (Å²) in [6.45, 7) is 3.94. The van der Waals surface area contributed by atoms with Gasteiger partial charge < -0.3 is 15.1 Å². The van der Waals surface area contributed by atoms with Crippen molar-refractivity contribution in [2.24, 2.45) is 5.92 Å². The van der Waals surface area contributed by atoms with Gasteiger partial charge in [-0.25, -0.2) is 0 Å². The van der Waals surface area contributed by atoms with Gasteiger partial charge in [-0.3, -0.25) is 4.79 Å². The van der Waals surface area contributed by atoms with Crippen LogP contribution in [0, 0.1) is 5.92 Å². The minimum absolute atomic E-state index is 0.226. The van der Waals surface area contributed by atoms with Crippen LogP contribution in [0.5, 0.6) is 0 Å². The fourth-order valence-corrected chi connectivity index (χ4v) is 3.72. The van der Waals surface area contributed by atoms with E-state index in [2.05, 4.69) is 35.3 Å². The third kappa shape index (κ3) is 3.27. The third-order valence-corrected chi connectivity index (χ3v) is 4.85. The number of rotatable bonds is 3. The molecule has 4 nitrogen and oxygen atoms in total. The Morgan fingerprint density at radius 3 is 2.82 bits per heavy atom.